The summed E-state index contributed by atoms with van der Waals surface area (Å²) in [4.78, 5) is 44.8. The van der Waals surface area contributed by atoms with Gasteiger partial charge in [0.1, 0.15) is 28.6 Å². The summed E-state index contributed by atoms with van der Waals surface area (Å²) in [7, 11) is 6.95. The van der Waals surface area contributed by atoms with Crippen molar-refractivity contribution in [3.05, 3.63) is 242 Å². The standard InChI is InChI=1S/C28H29N3O2.C23H28ClN3O2.C23H29NO2.C20H29NS.C18H27NO2.ClHO4/c1-20(32)28-18-24-17-25(9-10-27(24)33-28)31-14-12-30(13-15-31)11-3-2-4-22-7-8-23-6-5-21(19-29)16-26(22)23;1-29-22-8-3-7-21-20(22)9-10-23(28)27(21)12-4-11-25-13-15-26(16-14-25)19-6-2-5-18(24)17-19;1-24(13-11-17-9-10-18-12-14-26-23(18)15-17)16-19-5-3-7-21-20(19)6-4-8-22(21)25-2;1-22-17-10-8-15(9-11-17)13-16-14-21-12-4-7-20(21)19-6-3-2-5-18(16)19;1-19(2)13-17(18(20)9-5-4-6-10-18)12-14-7-8-15(21-3)11-16(14)17;2-1(3,4)5/h5-7,9-10,16-18H,2-4,8,11-15H2,1H3;2-3,5-8,17H,4,9-16H2,1H3;4,6,8-10,15,19H,3,5,7,11-14,16H2,1-2H3;8-11,16,18-20H,2-7,12-14H2,1H3;7-8,11,20H,4-6,9-10,12-13H2,1-3H3;(H,2,3,4,5)/t;;19-;16?,18?,19?,20-;;/m..01../s1. The van der Waals surface area contributed by atoms with E-state index in [1.165, 1.54) is 163 Å². The topological polar surface area (TPSA) is 244 Å². The lowest BCUT2D eigenvalue weighted by Crippen LogP contribution is -2.63. The summed E-state index contributed by atoms with van der Waals surface area (Å²) in [5, 5.41) is 22.4. The van der Waals surface area contributed by atoms with Crippen LogP contribution < -0.4 is 47.6 Å². The summed E-state index contributed by atoms with van der Waals surface area (Å²) in [5.74, 6) is 8.09. The molecule has 6 fully saturated rings. The summed E-state index contributed by atoms with van der Waals surface area (Å²) in [6.07, 6.45) is 33.7. The lowest BCUT2D eigenvalue weighted by atomic mass is 9.52. The summed E-state index contributed by atoms with van der Waals surface area (Å²) < 4.78 is 60.5. The Morgan fingerprint density at radius 2 is 1.35 bits per heavy atom. The number of anilines is 3. The van der Waals surface area contributed by atoms with E-state index in [0.29, 0.717) is 18.1 Å². The molecule has 21 nitrogen and oxygen atoms in total. The highest BCUT2D eigenvalue weighted by Crippen LogP contribution is 2.55. The number of methoxy groups -OCH3 is 3. The predicted molar refractivity (Wildman–Crippen MR) is 538 cm³/mol. The van der Waals surface area contributed by atoms with Crippen LogP contribution in [0, 0.1) is 39.3 Å². The zero-order chi connectivity index (χ0) is 95.5. The molecule has 6 atom stereocenters. The SMILES string of the molecule is CC(=O)c1cc2cc(N3CCN(CCCCC4=CCc5ccc(C#N)cc54)CC3)ccc2o1.COc1ccc2c(c1)C(CN(C)C)(C1(O)CCCCC1)C2.COc1cccc2c1CCC(=O)N2CCCN1CCN(c2cccc(Cl)c2)CC1.COc1cccc2c1CCC[C@H]2CN(C)CCc1ccc2c(c1)OCC2.CSc1ccc(CC2CN3CCC[C@@H]3C3CCCCC23)cc1.[O-][Cl+3]([O-])([O-])O. The molecule has 728 valence electrons. The highest BCUT2D eigenvalue weighted by molar-refractivity contribution is 7.98. The number of furan rings is 1. The highest BCUT2D eigenvalue weighted by atomic mass is 35.7. The van der Waals surface area contributed by atoms with Crippen molar-refractivity contribution in [1.29, 1.82) is 5.26 Å². The second-order valence-electron chi connectivity index (χ2n) is 39.6. The van der Waals surface area contributed by atoms with Crippen molar-refractivity contribution in [3.8, 4) is 29.1 Å². The molecule has 136 heavy (non-hydrogen) atoms. The van der Waals surface area contributed by atoms with Gasteiger partial charge in [0.25, 0.3) is 0 Å². The van der Waals surface area contributed by atoms with Gasteiger partial charge < -0.3 is 53.0 Å². The van der Waals surface area contributed by atoms with Crippen molar-refractivity contribution in [1.82, 2.24) is 24.5 Å². The van der Waals surface area contributed by atoms with Crippen LogP contribution in [-0.4, -0.2) is 218 Å². The normalized spacial score (nSPS) is 21.4. The molecular formula is C112H143Cl2N9O12S. The monoisotopic (exact) mass is 1910 g/mol. The van der Waals surface area contributed by atoms with Crippen molar-refractivity contribution >= 4 is 68.7 Å². The van der Waals surface area contributed by atoms with Crippen LogP contribution in [0.25, 0.3) is 16.5 Å². The van der Waals surface area contributed by atoms with Gasteiger partial charge in [-0.25, -0.2) is 0 Å². The number of hydrogen-bond acceptors (Lipinski definition) is 21. The molecule has 20 rings (SSSR count). The molecule has 4 unspecified atom stereocenters. The van der Waals surface area contributed by atoms with Crippen LogP contribution in [0.5, 0.6) is 23.0 Å². The minimum atomic E-state index is -4.69. The largest absolute Gasteiger partial charge is 0.497 e. The Balaban J connectivity index is 0.000000129. The number of ketones is 1. The molecule has 11 aliphatic rings. The number of likely N-dealkylation sites (N-methyl/N-ethyl adjacent to an activating group) is 2. The number of carbonyl (C=O) groups is 2. The third kappa shape index (κ3) is 25.8. The number of nitrogens with zero attached hydrogens (tertiary/aromatic N) is 9. The molecule has 8 aromatic carbocycles. The molecule has 6 aliphatic heterocycles. The molecule has 7 heterocycles. The molecule has 24 heteroatoms. The van der Waals surface area contributed by atoms with Crippen molar-refractivity contribution in [3.63, 3.8) is 0 Å². The number of thioether (sulfide) groups is 1. The summed E-state index contributed by atoms with van der Waals surface area (Å²) >= 11 is 7.97. The Bertz CT molecular complexity index is 5540. The van der Waals surface area contributed by atoms with E-state index in [0.717, 1.165) is 255 Å². The van der Waals surface area contributed by atoms with E-state index < -0.39 is 15.8 Å². The van der Waals surface area contributed by atoms with E-state index in [4.69, 9.17) is 53.6 Å². The fourth-order valence-corrected chi connectivity index (χ4v) is 24.4. The average molecular weight is 1910 g/mol. The van der Waals surface area contributed by atoms with Gasteiger partial charge in [-0.15, -0.1) is 11.8 Å². The number of allylic oxidation sites excluding steroid dienone is 2. The van der Waals surface area contributed by atoms with Gasteiger partial charge in [-0.2, -0.15) is 19.2 Å². The van der Waals surface area contributed by atoms with E-state index in [1.807, 2.05) is 77.3 Å². The van der Waals surface area contributed by atoms with Gasteiger partial charge in [0.15, 0.2) is 11.5 Å². The molecule has 9 aromatic rings. The minimum Gasteiger partial charge on any atom is -0.497 e. The molecule has 4 saturated heterocycles. The van der Waals surface area contributed by atoms with Crippen LogP contribution in [0.4, 0.5) is 17.1 Å². The first-order chi connectivity index (χ1) is 65.8. The second-order valence-corrected chi connectivity index (χ2v) is 41.7. The fraction of sp³-hybridized carbons (Fsp3) is 0.509. The average Bonchev–Trinajstić information content (AvgIpc) is 0.983. The number of fused-ring (bicyclic) bond motifs is 9. The third-order valence-corrected chi connectivity index (χ3v) is 31.7. The number of nitriles is 1. The lowest BCUT2D eigenvalue weighted by Gasteiger charge is -2.57. The summed E-state index contributed by atoms with van der Waals surface area (Å²) in [6, 6.07) is 60.4. The van der Waals surface area contributed by atoms with Crippen molar-refractivity contribution in [2.45, 2.75) is 195 Å². The van der Waals surface area contributed by atoms with E-state index in [-0.39, 0.29) is 17.1 Å². The Labute approximate surface area is 818 Å². The zero-order valence-electron chi connectivity index (χ0n) is 81.4. The first kappa shape index (κ1) is 101. The summed E-state index contributed by atoms with van der Waals surface area (Å²) in [5.41, 5.74) is 19.4. The maximum Gasteiger partial charge on any atom is 0.227 e. The van der Waals surface area contributed by atoms with Gasteiger partial charge in [0.05, 0.1) is 65.8 Å². The molecule has 0 radical (unpaired) electrons. The minimum absolute atomic E-state index is 0.0401. The van der Waals surface area contributed by atoms with Crippen molar-refractivity contribution < 1.29 is 66.9 Å². The molecule has 1 aromatic heterocycles. The first-order valence-electron chi connectivity index (χ1n) is 49.9. The summed E-state index contributed by atoms with van der Waals surface area (Å²) in [6.45, 7) is 19.3. The lowest BCUT2D eigenvalue weighted by molar-refractivity contribution is -1.92. The molecular weight excluding hydrogens is 1770 g/mol. The van der Waals surface area contributed by atoms with Crippen LogP contribution in [0.3, 0.4) is 0 Å². The number of halogens is 2. The number of aliphatic hydroxyl groups is 1. The third-order valence-electron chi connectivity index (χ3n) is 30.7. The van der Waals surface area contributed by atoms with Gasteiger partial charge in [-0.05, 0) is 345 Å². The van der Waals surface area contributed by atoms with E-state index in [9.17, 15) is 20.0 Å². The number of Topliss-reactive ketones (excluding diaryl/α,β-unsaturated/α-hetero) is 1. The predicted octanol–water partition coefficient (Wildman–Crippen LogP) is 17.0. The van der Waals surface area contributed by atoms with E-state index >= 15 is 0 Å². The van der Waals surface area contributed by atoms with E-state index in [1.54, 1.807) is 26.9 Å². The number of ether oxygens (including phenoxy) is 4. The van der Waals surface area contributed by atoms with Crippen LogP contribution >= 0.6 is 23.4 Å². The molecule has 0 bridgehead atoms. The van der Waals surface area contributed by atoms with Crippen LogP contribution in [0.15, 0.2) is 179 Å². The zero-order valence-corrected chi connectivity index (χ0v) is 83.7. The number of benzene rings is 8. The smallest absolute Gasteiger partial charge is 0.227 e. The maximum absolute atomic E-state index is 12.5. The first-order valence-corrected chi connectivity index (χ1v) is 52.8. The number of piperidine rings is 1. The Kier molecular flexibility index (Phi) is 35.6. The number of hydrogen-bond donors (Lipinski definition) is 2. The Hall–Kier alpha value is -9.00. The van der Waals surface area contributed by atoms with Gasteiger partial charge >= 0.3 is 0 Å². The Morgan fingerprint density at radius 1 is 0.654 bits per heavy atom. The molecule has 2 saturated carbocycles. The van der Waals surface area contributed by atoms with Gasteiger partial charge in [-0.3, -0.25) is 24.3 Å². The Morgan fingerprint density at radius 3 is 2.05 bits per heavy atom. The van der Waals surface area contributed by atoms with Gasteiger partial charge in [0, 0.05) is 149 Å². The number of amides is 1. The quantitative estimate of drug-likeness (QED) is 0.0291. The van der Waals surface area contributed by atoms with Crippen LogP contribution in [0.1, 0.15) is 200 Å². The molecule has 2 N–H and O–H groups in total. The van der Waals surface area contributed by atoms with Crippen molar-refractivity contribution in [2.75, 3.05) is 175 Å². The molecule has 0 spiro atoms. The van der Waals surface area contributed by atoms with Crippen LogP contribution in [-0.2, 0) is 55.2 Å². The van der Waals surface area contributed by atoms with E-state index in [2.05, 4.69) is 177 Å². The number of piperazine rings is 2. The van der Waals surface area contributed by atoms with Crippen molar-refractivity contribution in [2.24, 2.45) is 17.8 Å². The molecule has 1 amide bonds. The highest BCUT2D eigenvalue weighted by Gasteiger charge is 2.57. The number of carbonyl (C=O) groups excluding carboxylic acids is 2. The maximum atomic E-state index is 12.5. The van der Waals surface area contributed by atoms with Crippen LogP contribution in [0.2, 0.25) is 5.02 Å². The molecule has 5 aliphatic carbocycles. The van der Waals surface area contributed by atoms with Gasteiger partial charge in [-0.1, -0.05) is 110 Å². The number of unbranched alkanes of at least 4 members (excludes halogenated alkanes) is 1. The fourth-order valence-electron chi connectivity index (χ4n) is 23.8. The second kappa shape index (κ2) is 47.8. The van der Waals surface area contributed by atoms with Gasteiger partial charge in [0.2, 0.25) is 5.91 Å². The number of rotatable bonds is 26.